The fourth-order valence-corrected chi connectivity index (χ4v) is 1.18. The van der Waals surface area contributed by atoms with E-state index >= 15 is 0 Å². The Morgan fingerprint density at radius 2 is 1.88 bits per heavy atom. The molecule has 1 amide bonds. The molecule has 2 nitrogen and oxygen atoms in total. The molecule has 0 saturated carbocycles. The van der Waals surface area contributed by atoms with Crippen molar-refractivity contribution in [2.75, 3.05) is 6.54 Å². The molecule has 0 saturated heterocycles. The summed E-state index contributed by atoms with van der Waals surface area (Å²) in [5.41, 5.74) is -0.262. The summed E-state index contributed by atoms with van der Waals surface area (Å²) in [5, 5.41) is 2.42. The van der Waals surface area contributed by atoms with E-state index in [9.17, 15) is 18.0 Å². The molecule has 90 valence electrons. The van der Waals surface area contributed by atoms with E-state index in [-0.39, 0.29) is 5.56 Å². The van der Waals surface area contributed by atoms with Gasteiger partial charge in [0.15, 0.2) is 17.5 Å². The molecule has 5 heteroatoms. The molecule has 0 aliphatic rings. The number of amides is 1. The summed E-state index contributed by atoms with van der Waals surface area (Å²) in [5.74, 6) is -2.65. The molecule has 0 fully saturated rings. The maximum atomic E-state index is 12.8. The van der Waals surface area contributed by atoms with Crippen molar-refractivity contribution < 1.29 is 18.0 Å². The Morgan fingerprint density at radius 3 is 2.41 bits per heavy atom. The predicted molar refractivity (Wildman–Crippen MR) is 56.7 cm³/mol. The van der Waals surface area contributed by atoms with Crippen LogP contribution in [0.25, 0.3) is 0 Å². The van der Waals surface area contributed by atoms with Gasteiger partial charge in [-0.25, -0.2) is 13.2 Å². The van der Waals surface area contributed by atoms with Gasteiger partial charge in [0.05, 0.1) is 0 Å². The van der Waals surface area contributed by atoms with Gasteiger partial charge < -0.3 is 5.32 Å². The van der Waals surface area contributed by atoms with E-state index in [1.165, 1.54) is 0 Å². The van der Waals surface area contributed by atoms with Crippen LogP contribution in [-0.4, -0.2) is 12.5 Å². The van der Waals surface area contributed by atoms with Crippen LogP contribution in [0.2, 0.25) is 0 Å². The molecule has 0 aromatic heterocycles. The van der Waals surface area contributed by atoms with E-state index in [1.807, 2.05) is 0 Å². The van der Waals surface area contributed by atoms with Gasteiger partial charge in [-0.05, 0) is 18.6 Å². The molecule has 0 aliphatic carbocycles. The SMILES string of the molecule is C#CCCCNC(=O)c1cc(F)c(F)c(F)c1. The minimum absolute atomic E-state index is 0.262. The highest BCUT2D eigenvalue weighted by atomic mass is 19.2. The maximum absolute atomic E-state index is 12.8. The lowest BCUT2D eigenvalue weighted by molar-refractivity contribution is 0.0952. The topological polar surface area (TPSA) is 29.1 Å². The van der Waals surface area contributed by atoms with Gasteiger partial charge >= 0.3 is 0 Å². The third kappa shape index (κ3) is 3.52. The molecule has 17 heavy (non-hydrogen) atoms. The second-order valence-electron chi connectivity index (χ2n) is 3.32. The van der Waals surface area contributed by atoms with Crippen molar-refractivity contribution in [1.29, 1.82) is 0 Å². The average Bonchev–Trinajstić information content (AvgIpc) is 2.30. The number of benzene rings is 1. The monoisotopic (exact) mass is 241 g/mol. The Hall–Kier alpha value is -1.96. The summed E-state index contributed by atoms with van der Waals surface area (Å²) in [6.45, 7) is 0.295. The zero-order valence-corrected chi connectivity index (χ0v) is 8.90. The average molecular weight is 241 g/mol. The van der Waals surface area contributed by atoms with Gasteiger partial charge in [0.2, 0.25) is 0 Å². The molecule has 0 spiro atoms. The predicted octanol–water partition coefficient (Wildman–Crippen LogP) is 2.25. The van der Waals surface area contributed by atoms with Crippen molar-refractivity contribution in [2.24, 2.45) is 0 Å². The second kappa shape index (κ2) is 5.94. The number of hydrogen-bond acceptors (Lipinski definition) is 1. The first-order chi connectivity index (χ1) is 8.06. The summed E-state index contributed by atoms with van der Waals surface area (Å²) in [4.78, 5) is 11.4. The van der Waals surface area contributed by atoms with Gasteiger partial charge in [-0.15, -0.1) is 12.3 Å². The normalized spacial score (nSPS) is 9.76. The smallest absolute Gasteiger partial charge is 0.251 e. The minimum atomic E-state index is -1.59. The van der Waals surface area contributed by atoms with E-state index in [0.29, 0.717) is 31.5 Å². The Balaban J connectivity index is 2.67. The van der Waals surface area contributed by atoms with Crippen molar-refractivity contribution in [2.45, 2.75) is 12.8 Å². The van der Waals surface area contributed by atoms with Gasteiger partial charge in [-0.1, -0.05) is 0 Å². The van der Waals surface area contributed by atoms with Crippen LogP contribution < -0.4 is 5.32 Å². The zero-order valence-electron chi connectivity index (χ0n) is 8.90. The Morgan fingerprint density at radius 1 is 1.29 bits per heavy atom. The van der Waals surface area contributed by atoms with Gasteiger partial charge in [0, 0.05) is 18.5 Å². The molecular formula is C12H10F3NO. The molecular weight excluding hydrogens is 231 g/mol. The molecule has 0 heterocycles. The van der Waals surface area contributed by atoms with E-state index < -0.39 is 23.4 Å². The van der Waals surface area contributed by atoms with E-state index in [1.54, 1.807) is 0 Å². The third-order valence-corrected chi connectivity index (χ3v) is 2.03. The lowest BCUT2D eigenvalue weighted by Crippen LogP contribution is -2.24. The Labute approximate surface area is 96.8 Å². The first-order valence-electron chi connectivity index (χ1n) is 4.92. The lowest BCUT2D eigenvalue weighted by Gasteiger charge is -2.05. The number of carbonyl (C=O) groups excluding carboxylic acids is 1. The number of nitrogens with one attached hydrogen (secondary N) is 1. The lowest BCUT2D eigenvalue weighted by atomic mass is 10.2. The van der Waals surface area contributed by atoms with E-state index in [4.69, 9.17) is 6.42 Å². The van der Waals surface area contributed by atoms with Gasteiger partial charge in [0.1, 0.15) is 0 Å². The quantitative estimate of drug-likeness (QED) is 0.489. The van der Waals surface area contributed by atoms with Gasteiger partial charge in [-0.2, -0.15) is 0 Å². The maximum Gasteiger partial charge on any atom is 0.251 e. The molecule has 1 aromatic carbocycles. The number of rotatable bonds is 4. The highest BCUT2D eigenvalue weighted by Gasteiger charge is 2.14. The minimum Gasteiger partial charge on any atom is -0.352 e. The molecule has 0 atom stereocenters. The van der Waals surface area contributed by atoms with Gasteiger partial charge in [0.25, 0.3) is 5.91 Å². The number of hydrogen-bond donors (Lipinski definition) is 1. The number of terminal acetylenes is 1. The van der Waals surface area contributed by atoms with E-state index in [2.05, 4.69) is 11.2 Å². The fourth-order valence-electron chi connectivity index (χ4n) is 1.18. The molecule has 0 radical (unpaired) electrons. The van der Waals surface area contributed by atoms with Gasteiger partial charge in [-0.3, -0.25) is 4.79 Å². The van der Waals surface area contributed by atoms with E-state index in [0.717, 1.165) is 0 Å². The van der Waals surface area contributed by atoms with Crippen molar-refractivity contribution in [3.05, 3.63) is 35.1 Å². The van der Waals surface area contributed by atoms with Crippen LogP contribution in [0.1, 0.15) is 23.2 Å². The van der Waals surface area contributed by atoms with Crippen LogP contribution in [-0.2, 0) is 0 Å². The van der Waals surface area contributed by atoms with Crippen LogP contribution in [0.4, 0.5) is 13.2 Å². The summed E-state index contributed by atoms with van der Waals surface area (Å²) in [6.07, 6.45) is 6.07. The van der Waals surface area contributed by atoms with Crippen LogP contribution in [0, 0.1) is 29.8 Å². The highest BCUT2D eigenvalue weighted by Crippen LogP contribution is 2.13. The number of halogens is 3. The van der Waals surface area contributed by atoms with Crippen molar-refractivity contribution >= 4 is 5.91 Å². The highest BCUT2D eigenvalue weighted by molar-refractivity contribution is 5.94. The summed E-state index contributed by atoms with van der Waals surface area (Å²) in [7, 11) is 0. The summed E-state index contributed by atoms with van der Waals surface area (Å²) >= 11 is 0. The van der Waals surface area contributed by atoms with Crippen LogP contribution >= 0.6 is 0 Å². The van der Waals surface area contributed by atoms with Crippen LogP contribution in [0.5, 0.6) is 0 Å². The largest absolute Gasteiger partial charge is 0.352 e. The molecule has 0 unspecified atom stereocenters. The Bertz CT molecular complexity index is 442. The zero-order chi connectivity index (χ0) is 12.8. The summed E-state index contributed by atoms with van der Waals surface area (Å²) in [6, 6.07) is 1.30. The molecule has 1 N–H and O–H groups in total. The van der Waals surface area contributed by atoms with Crippen LogP contribution in [0.3, 0.4) is 0 Å². The Kier molecular flexibility index (Phi) is 4.58. The first kappa shape index (κ1) is 13.1. The van der Waals surface area contributed by atoms with Crippen molar-refractivity contribution in [3.8, 4) is 12.3 Å². The molecule has 1 aromatic rings. The standard InChI is InChI=1S/C12H10F3NO/c1-2-3-4-5-16-12(17)8-6-9(13)11(15)10(14)7-8/h1,6-7H,3-5H2,(H,16,17). The molecule has 0 bridgehead atoms. The number of carbonyl (C=O) groups is 1. The van der Waals surface area contributed by atoms with Crippen molar-refractivity contribution in [1.82, 2.24) is 5.32 Å². The second-order valence-corrected chi connectivity index (χ2v) is 3.32. The van der Waals surface area contributed by atoms with Crippen molar-refractivity contribution in [3.63, 3.8) is 0 Å². The number of unbranched alkanes of at least 4 members (excludes halogenated alkanes) is 1. The van der Waals surface area contributed by atoms with Crippen LogP contribution in [0.15, 0.2) is 12.1 Å². The molecule has 0 aliphatic heterocycles. The first-order valence-corrected chi connectivity index (χ1v) is 4.92. The fraction of sp³-hybridized carbons (Fsp3) is 0.250. The third-order valence-electron chi connectivity index (χ3n) is 2.03. The summed E-state index contributed by atoms with van der Waals surface area (Å²) < 4.78 is 38.3. The molecule has 1 rings (SSSR count).